The van der Waals surface area contributed by atoms with E-state index in [2.05, 4.69) is 0 Å². The highest BCUT2D eigenvalue weighted by Crippen LogP contribution is 2.14. The molecule has 0 spiro atoms. The molecule has 0 fully saturated rings. The molecule has 1 amide bonds. The third kappa shape index (κ3) is 4.53. The van der Waals surface area contributed by atoms with Crippen LogP contribution in [0.2, 0.25) is 0 Å². The third-order valence-electron chi connectivity index (χ3n) is 2.52. The van der Waals surface area contributed by atoms with E-state index in [0.29, 0.717) is 0 Å². The molecule has 0 saturated heterocycles. The van der Waals surface area contributed by atoms with Gasteiger partial charge in [0, 0.05) is 18.4 Å². The summed E-state index contributed by atoms with van der Waals surface area (Å²) in [5.74, 6) is -0.746. The molecule has 0 aliphatic carbocycles. The number of alkyl halides is 2. The monoisotopic (exact) mass is 307 g/mol. The normalized spacial score (nSPS) is 11.7. The van der Waals surface area contributed by atoms with Gasteiger partial charge in [0.1, 0.15) is 0 Å². The number of hydrogen-bond donors (Lipinski definition) is 1. The molecule has 0 atom stereocenters. The summed E-state index contributed by atoms with van der Waals surface area (Å²) in [6.07, 6.45) is -1.75. The summed E-state index contributed by atoms with van der Waals surface area (Å²) in [6, 6.07) is 5.15. The Kier molecular flexibility index (Phi) is 5.58. The van der Waals surface area contributed by atoms with Crippen molar-refractivity contribution in [3.8, 4) is 0 Å². The van der Waals surface area contributed by atoms with Crippen molar-refractivity contribution in [3.63, 3.8) is 0 Å². The third-order valence-corrected chi connectivity index (χ3v) is 3.63. The second-order valence-corrected chi connectivity index (χ2v) is 6.18. The molecule has 0 aliphatic heterocycles. The average molecular weight is 307 g/mol. The number of aliphatic hydroxyl groups excluding tert-OH is 1. The van der Waals surface area contributed by atoms with Gasteiger partial charge in [-0.15, -0.1) is 0 Å². The predicted molar refractivity (Wildman–Crippen MR) is 68.5 cm³/mol. The van der Waals surface area contributed by atoms with Gasteiger partial charge in [-0.3, -0.25) is 4.79 Å². The molecule has 8 heteroatoms. The molecule has 0 aromatic heterocycles. The molecule has 0 bridgehead atoms. The van der Waals surface area contributed by atoms with Crippen molar-refractivity contribution in [1.82, 2.24) is 4.90 Å². The largest absolute Gasteiger partial charge is 0.395 e. The molecule has 1 rings (SSSR count). The van der Waals surface area contributed by atoms with Gasteiger partial charge in [-0.05, 0) is 18.2 Å². The number of carbonyl (C=O) groups excluding carboxylic acids is 1. The summed E-state index contributed by atoms with van der Waals surface area (Å²) in [5, 5.41) is 8.79. The highest BCUT2D eigenvalue weighted by atomic mass is 32.2. The average Bonchev–Trinajstić information content (AvgIpc) is 2.36. The second-order valence-electron chi connectivity index (χ2n) is 4.17. The van der Waals surface area contributed by atoms with Crippen LogP contribution in [0.5, 0.6) is 0 Å². The van der Waals surface area contributed by atoms with Crippen molar-refractivity contribution in [2.45, 2.75) is 11.3 Å². The van der Waals surface area contributed by atoms with Crippen molar-refractivity contribution in [2.24, 2.45) is 0 Å². The van der Waals surface area contributed by atoms with E-state index >= 15 is 0 Å². The maximum absolute atomic E-state index is 12.4. The Morgan fingerprint density at radius 2 is 2.05 bits per heavy atom. The lowest BCUT2D eigenvalue weighted by molar-refractivity contribution is 0.0509. The van der Waals surface area contributed by atoms with Crippen molar-refractivity contribution >= 4 is 15.7 Å². The van der Waals surface area contributed by atoms with Crippen molar-refractivity contribution < 1.29 is 27.1 Å². The lowest BCUT2D eigenvalue weighted by atomic mass is 10.2. The number of rotatable bonds is 6. The second kappa shape index (κ2) is 6.76. The van der Waals surface area contributed by atoms with Gasteiger partial charge in [0.05, 0.1) is 18.0 Å². The summed E-state index contributed by atoms with van der Waals surface area (Å²) in [6.45, 7) is -1.51. The van der Waals surface area contributed by atoms with Gasteiger partial charge in [0.25, 0.3) is 12.3 Å². The van der Waals surface area contributed by atoms with Crippen LogP contribution in [-0.4, -0.2) is 56.7 Å². The number of benzene rings is 1. The van der Waals surface area contributed by atoms with Gasteiger partial charge in [0.2, 0.25) is 0 Å². The minimum Gasteiger partial charge on any atom is -0.395 e. The number of amides is 1. The minimum atomic E-state index is -3.49. The summed E-state index contributed by atoms with van der Waals surface area (Å²) >= 11 is 0. The number of hydrogen-bond acceptors (Lipinski definition) is 4. The van der Waals surface area contributed by atoms with Gasteiger partial charge in [0.15, 0.2) is 9.84 Å². The van der Waals surface area contributed by atoms with Crippen molar-refractivity contribution in [1.29, 1.82) is 0 Å². The zero-order valence-corrected chi connectivity index (χ0v) is 11.6. The predicted octanol–water partition coefficient (Wildman–Crippen LogP) is 0.790. The van der Waals surface area contributed by atoms with E-state index in [9.17, 15) is 22.0 Å². The number of sulfone groups is 1. The van der Waals surface area contributed by atoms with E-state index in [1.54, 1.807) is 0 Å². The first-order chi connectivity index (χ1) is 9.25. The van der Waals surface area contributed by atoms with Gasteiger partial charge in [-0.2, -0.15) is 0 Å². The number of aliphatic hydroxyl groups is 1. The number of halogens is 2. The lowest BCUT2D eigenvalue weighted by Crippen LogP contribution is -2.37. The smallest absolute Gasteiger partial charge is 0.255 e. The molecule has 1 N–H and O–H groups in total. The Balaban J connectivity index is 3.06. The Bertz CT molecular complexity index is 575. The maximum Gasteiger partial charge on any atom is 0.255 e. The Labute approximate surface area is 115 Å². The van der Waals surface area contributed by atoms with E-state index in [1.165, 1.54) is 18.2 Å². The zero-order chi connectivity index (χ0) is 15.3. The minimum absolute atomic E-state index is 0.0120. The highest BCUT2D eigenvalue weighted by molar-refractivity contribution is 7.90. The molecule has 1 aromatic carbocycles. The number of nitrogens with zero attached hydrogens (tertiary/aromatic N) is 1. The summed E-state index contributed by atoms with van der Waals surface area (Å²) in [4.78, 5) is 12.8. The van der Waals surface area contributed by atoms with Gasteiger partial charge in [-0.25, -0.2) is 17.2 Å². The fourth-order valence-corrected chi connectivity index (χ4v) is 2.27. The van der Waals surface area contributed by atoms with Crippen LogP contribution in [0.15, 0.2) is 29.2 Å². The zero-order valence-electron chi connectivity index (χ0n) is 10.8. The van der Waals surface area contributed by atoms with Gasteiger partial charge in [-0.1, -0.05) is 6.07 Å². The van der Waals surface area contributed by atoms with E-state index in [-0.39, 0.29) is 17.0 Å². The molecule has 20 heavy (non-hydrogen) atoms. The molecule has 112 valence electrons. The molecule has 5 nitrogen and oxygen atoms in total. The van der Waals surface area contributed by atoms with E-state index in [4.69, 9.17) is 5.11 Å². The highest BCUT2D eigenvalue weighted by Gasteiger charge is 2.20. The lowest BCUT2D eigenvalue weighted by Gasteiger charge is -2.21. The van der Waals surface area contributed by atoms with Crippen molar-refractivity contribution in [2.75, 3.05) is 26.0 Å². The van der Waals surface area contributed by atoms with E-state index in [1.807, 2.05) is 0 Å². The van der Waals surface area contributed by atoms with E-state index in [0.717, 1.165) is 17.2 Å². The first kappa shape index (κ1) is 16.5. The van der Waals surface area contributed by atoms with Gasteiger partial charge < -0.3 is 10.0 Å². The first-order valence-corrected chi connectivity index (χ1v) is 7.63. The van der Waals surface area contributed by atoms with Crippen LogP contribution in [0.4, 0.5) is 8.78 Å². The Hall–Kier alpha value is -1.54. The molecule has 0 unspecified atom stereocenters. The summed E-state index contributed by atoms with van der Waals surface area (Å²) in [5.41, 5.74) is -0.0120. The maximum atomic E-state index is 12.4. The van der Waals surface area contributed by atoms with Crippen LogP contribution < -0.4 is 0 Å². The van der Waals surface area contributed by atoms with Crippen LogP contribution in [0.25, 0.3) is 0 Å². The van der Waals surface area contributed by atoms with Crippen molar-refractivity contribution in [3.05, 3.63) is 29.8 Å². The SMILES string of the molecule is CS(=O)(=O)c1cccc(C(=O)N(CCO)CC(F)F)c1. The molecular formula is C12H15F2NO4S. The molecule has 0 radical (unpaired) electrons. The molecular weight excluding hydrogens is 292 g/mol. The van der Waals surface area contributed by atoms with Crippen LogP contribution in [0, 0.1) is 0 Å². The topological polar surface area (TPSA) is 74.7 Å². The first-order valence-electron chi connectivity index (χ1n) is 5.74. The molecule has 0 aliphatic rings. The van der Waals surface area contributed by atoms with Crippen LogP contribution >= 0.6 is 0 Å². The fraction of sp³-hybridized carbons (Fsp3) is 0.417. The molecule has 0 saturated carbocycles. The molecule has 1 aromatic rings. The summed E-state index contributed by atoms with van der Waals surface area (Å²) < 4.78 is 47.6. The Morgan fingerprint density at radius 1 is 1.40 bits per heavy atom. The fourth-order valence-electron chi connectivity index (χ4n) is 1.61. The Morgan fingerprint density at radius 3 is 2.55 bits per heavy atom. The summed E-state index contributed by atoms with van der Waals surface area (Å²) in [7, 11) is -3.49. The van der Waals surface area contributed by atoms with E-state index < -0.39 is 35.3 Å². The van der Waals surface area contributed by atoms with Crippen LogP contribution in [-0.2, 0) is 9.84 Å². The van der Waals surface area contributed by atoms with Crippen LogP contribution in [0.3, 0.4) is 0 Å². The quantitative estimate of drug-likeness (QED) is 0.843. The molecule has 0 heterocycles. The standard InChI is InChI=1S/C12H15F2NO4S/c1-20(18,19)10-4-2-3-9(7-10)12(17)15(5-6-16)8-11(13)14/h2-4,7,11,16H,5-6,8H2,1H3. The number of carbonyl (C=O) groups is 1. The van der Waals surface area contributed by atoms with Crippen LogP contribution in [0.1, 0.15) is 10.4 Å². The van der Waals surface area contributed by atoms with Gasteiger partial charge >= 0.3 is 0 Å².